The zero-order chi connectivity index (χ0) is 15.3. The van der Waals surface area contributed by atoms with Crippen molar-refractivity contribution in [2.24, 2.45) is 0 Å². The van der Waals surface area contributed by atoms with Crippen molar-refractivity contribution in [3.63, 3.8) is 0 Å². The molecular formula is C15H24FNO2S. The van der Waals surface area contributed by atoms with Crippen LogP contribution in [-0.2, 0) is 11.4 Å². The second-order valence-electron chi connectivity index (χ2n) is 5.76. The van der Waals surface area contributed by atoms with Gasteiger partial charge in [0.15, 0.2) is 11.6 Å². The first-order valence-corrected chi connectivity index (χ1v) is 8.01. The molecule has 0 radical (unpaired) electrons. The maximum atomic E-state index is 13.6. The van der Waals surface area contributed by atoms with Crippen LogP contribution < -0.4 is 9.46 Å². The summed E-state index contributed by atoms with van der Waals surface area (Å²) in [5.41, 5.74) is 0.857. The molecule has 0 amide bonds. The fourth-order valence-corrected chi connectivity index (χ4v) is 2.33. The molecule has 0 heterocycles. The molecule has 0 spiro atoms. The average molecular weight is 301 g/mol. The number of ether oxygens (including phenoxy) is 1. The smallest absolute Gasteiger partial charge is 0.165 e. The van der Waals surface area contributed by atoms with Crippen LogP contribution in [0.1, 0.15) is 52.6 Å². The number of benzene rings is 1. The third-order valence-electron chi connectivity index (χ3n) is 2.76. The van der Waals surface area contributed by atoms with Gasteiger partial charge in [-0.25, -0.2) is 4.39 Å². The van der Waals surface area contributed by atoms with E-state index in [4.69, 9.17) is 4.74 Å². The topological polar surface area (TPSA) is 44.3 Å². The lowest BCUT2D eigenvalue weighted by atomic mass is 10.1. The van der Waals surface area contributed by atoms with Crippen LogP contribution in [0.5, 0.6) is 5.75 Å². The van der Waals surface area contributed by atoms with Crippen molar-refractivity contribution in [1.82, 2.24) is 4.72 Å². The minimum atomic E-state index is -1.17. The Bertz CT molecular complexity index is 434. The number of halogens is 1. The van der Waals surface area contributed by atoms with Crippen LogP contribution in [0.2, 0.25) is 0 Å². The first-order valence-electron chi connectivity index (χ1n) is 6.86. The lowest BCUT2D eigenvalue weighted by Crippen LogP contribution is -2.40. The van der Waals surface area contributed by atoms with Gasteiger partial charge in [0.2, 0.25) is 0 Å². The van der Waals surface area contributed by atoms with Gasteiger partial charge in [0, 0.05) is 11.4 Å². The lowest BCUT2D eigenvalue weighted by Gasteiger charge is -2.26. The second kappa shape index (κ2) is 7.29. The Hall–Kier alpha value is -0.780. The molecule has 1 N–H and O–H groups in total. The minimum absolute atomic E-state index is 0.139. The van der Waals surface area contributed by atoms with E-state index in [0.29, 0.717) is 6.61 Å². The van der Waals surface area contributed by atoms with Gasteiger partial charge in [-0.05, 0) is 51.8 Å². The molecule has 0 aliphatic carbocycles. The summed E-state index contributed by atoms with van der Waals surface area (Å²) in [5.74, 6) is -0.120. The van der Waals surface area contributed by atoms with Crippen LogP contribution in [0.3, 0.4) is 0 Å². The molecule has 5 heteroatoms. The number of hydrogen-bond donors (Lipinski definition) is 1. The van der Waals surface area contributed by atoms with Gasteiger partial charge >= 0.3 is 0 Å². The predicted molar refractivity (Wildman–Crippen MR) is 81.6 cm³/mol. The molecule has 0 aliphatic heterocycles. The summed E-state index contributed by atoms with van der Waals surface area (Å²) in [7, 11) is 0. The van der Waals surface area contributed by atoms with Crippen molar-refractivity contribution in [3.8, 4) is 5.75 Å². The molecule has 114 valence electrons. The van der Waals surface area contributed by atoms with Gasteiger partial charge in [-0.3, -0.25) is 0 Å². The maximum Gasteiger partial charge on any atom is 0.165 e. The first-order chi connectivity index (χ1) is 9.25. The standard InChI is InChI=1S/C15H24FNO2S/c1-6-9-19-14-10-12(7-8-13(14)16)11(2)17-20(18)15(3,4)5/h7-8,10-11,17H,6,9H2,1-5H3/t11-,20-/m0/s1. The molecule has 0 aromatic heterocycles. The molecule has 0 fully saturated rings. The van der Waals surface area contributed by atoms with E-state index in [1.807, 2.05) is 34.6 Å². The van der Waals surface area contributed by atoms with E-state index < -0.39 is 11.4 Å². The Balaban J connectivity index is 2.80. The monoisotopic (exact) mass is 301 g/mol. The van der Waals surface area contributed by atoms with Crippen molar-refractivity contribution in [3.05, 3.63) is 29.6 Å². The molecule has 0 unspecified atom stereocenters. The van der Waals surface area contributed by atoms with Crippen LogP contribution in [-0.4, -0.2) is 15.9 Å². The molecule has 2 atom stereocenters. The third-order valence-corrected chi connectivity index (χ3v) is 4.44. The number of rotatable bonds is 6. The zero-order valence-corrected chi connectivity index (χ0v) is 13.6. The summed E-state index contributed by atoms with van der Waals surface area (Å²) in [6.45, 7) is 10.1. The summed E-state index contributed by atoms with van der Waals surface area (Å²) in [6, 6.07) is 4.60. The van der Waals surface area contributed by atoms with Gasteiger partial charge in [0.1, 0.15) is 4.75 Å². The van der Waals surface area contributed by atoms with E-state index in [-0.39, 0.29) is 22.4 Å². The van der Waals surface area contributed by atoms with Gasteiger partial charge in [-0.2, -0.15) is 0 Å². The highest BCUT2D eigenvalue weighted by Crippen LogP contribution is 2.25. The molecule has 20 heavy (non-hydrogen) atoms. The fraction of sp³-hybridized carbons (Fsp3) is 0.600. The summed E-state index contributed by atoms with van der Waals surface area (Å²) in [6.07, 6.45) is 0.825. The molecular weight excluding hydrogens is 277 g/mol. The quantitative estimate of drug-likeness (QED) is 0.814. The minimum Gasteiger partial charge on any atom is -0.598 e. The van der Waals surface area contributed by atoms with Gasteiger partial charge in [0.25, 0.3) is 0 Å². The van der Waals surface area contributed by atoms with Crippen molar-refractivity contribution in [2.45, 2.75) is 51.8 Å². The maximum absolute atomic E-state index is 13.6. The molecule has 1 rings (SSSR count). The van der Waals surface area contributed by atoms with E-state index in [1.54, 1.807) is 12.1 Å². The Labute approximate surface area is 124 Å². The normalized spacial score (nSPS) is 14.9. The summed E-state index contributed by atoms with van der Waals surface area (Å²) in [5, 5.41) is 0. The average Bonchev–Trinajstić information content (AvgIpc) is 2.36. The van der Waals surface area contributed by atoms with Gasteiger partial charge in [-0.15, -0.1) is 4.72 Å². The van der Waals surface area contributed by atoms with E-state index in [0.717, 1.165) is 12.0 Å². The van der Waals surface area contributed by atoms with Crippen molar-refractivity contribution in [1.29, 1.82) is 0 Å². The molecule has 0 saturated heterocycles. The Morgan fingerprint density at radius 1 is 1.40 bits per heavy atom. The van der Waals surface area contributed by atoms with Crippen LogP contribution >= 0.6 is 0 Å². The van der Waals surface area contributed by atoms with Gasteiger partial charge in [0.05, 0.1) is 12.6 Å². The van der Waals surface area contributed by atoms with Crippen LogP contribution in [0, 0.1) is 5.82 Å². The van der Waals surface area contributed by atoms with Gasteiger partial charge in [-0.1, -0.05) is 13.0 Å². The highest BCUT2D eigenvalue weighted by Gasteiger charge is 2.28. The van der Waals surface area contributed by atoms with Crippen LogP contribution in [0.4, 0.5) is 4.39 Å². The molecule has 0 aliphatic rings. The van der Waals surface area contributed by atoms with Crippen molar-refractivity contribution >= 4 is 11.4 Å². The van der Waals surface area contributed by atoms with Crippen LogP contribution in [0.15, 0.2) is 18.2 Å². The van der Waals surface area contributed by atoms with E-state index in [1.165, 1.54) is 6.07 Å². The van der Waals surface area contributed by atoms with E-state index >= 15 is 0 Å². The largest absolute Gasteiger partial charge is 0.598 e. The summed E-state index contributed by atoms with van der Waals surface area (Å²) in [4.78, 5) is 0. The Morgan fingerprint density at radius 3 is 2.60 bits per heavy atom. The molecule has 1 aromatic carbocycles. The van der Waals surface area contributed by atoms with Crippen LogP contribution in [0.25, 0.3) is 0 Å². The van der Waals surface area contributed by atoms with E-state index in [9.17, 15) is 8.94 Å². The Morgan fingerprint density at radius 2 is 2.05 bits per heavy atom. The van der Waals surface area contributed by atoms with Crippen molar-refractivity contribution in [2.75, 3.05) is 6.61 Å². The summed E-state index contributed by atoms with van der Waals surface area (Å²) < 4.78 is 33.7. The third kappa shape index (κ3) is 4.96. The fourth-order valence-electron chi connectivity index (χ4n) is 1.52. The molecule has 3 nitrogen and oxygen atoms in total. The van der Waals surface area contributed by atoms with E-state index in [2.05, 4.69) is 4.72 Å². The Kier molecular flexibility index (Phi) is 6.30. The molecule has 1 aromatic rings. The molecule has 0 bridgehead atoms. The van der Waals surface area contributed by atoms with Crippen molar-refractivity contribution < 1.29 is 13.7 Å². The SMILES string of the molecule is CCCOc1cc([C@H](C)N[S@@+]([O-])C(C)(C)C)ccc1F. The number of nitrogens with one attached hydrogen (secondary N) is 1. The second-order valence-corrected chi connectivity index (χ2v) is 7.76. The lowest BCUT2D eigenvalue weighted by molar-refractivity contribution is 0.300. The first kappa shape index (κ1) is 17.3. The molecule has 0 saturated carbocycles. The summed E-state index contributed by atoms with van der Waals surface area (Å²) >= 11 is -1.17. The predicted octanol–water partition coefficient (Wildman–Crippen LogP) is 3.73. The highest BCUT2D eigenvalue weighted by molar-refractivity contribution is 7.90. The highest BCUT2D eigenvalue weighted by atomic mass is 32.2. The zero-order valence-electron chi connectivity index (χ0n) is 12.8. The van der Waals surface area contributed by atoms with Gasteiger partial charge < -0.3 is 9.29 Å². The number of hydrogen-bond acceptors (Lipinski definition) is 3.